The fourth-order valence-electron chi connectivity index (χ4n) is 3.01. The van der Waals surface area contributed by atoms with Crippen LogP contribution in [0.4, 0.5) is 0 Å². The third kappa shape index (κ3) is 1.78. The lowest BCUT2D eigenvalue weighted by molar-refractivity contribution is 0.247. The number of benzene rings is 2. The molecule has 2 aromatic rings. The van der Waals surface area contributed by atoms with Crippen molar-refractivity contribution < 1.29 is 0 Å². The molecule has 0 amide bonds. The molecule has 2 N–H and O–H groups in total. The molecule has 0 fully saturated rings. The van der Waals surface area contributed by atoms with Crippen LogP contribution in [0.2, 0.25) is 0 Å². The van der Waals surface area contributed by atoms with Crippen molar-refractivity contribution in [3.63, 3.8) is 0 Å². The summed E-state index contributed by atoms with van der Waals surface area (Å²) in [6.07, 6.45) is 1.87. The second kappa shape index (κ2) is 4.67. The van der Waals surface area contributed by atoms with E-state index in [1.807, 2.05) is 6.08 Å². The standard InChI is InChI=1S/C17H19N3/c1-3-11-20-16(18)19-12-17(20,2)15-10-6-8-13-7-4-5-9-14(13)15/h3-10H,1,11-12H2,2H3,(H2,18,19). The molecule has 3 nitrogen and oxygen atoms in total. The van der Waals surface area contributed by atoms with Gasteiger partial charge in [-0.15, -0.1) is 6.58 Å². The topological polar surface area (TPSA) is 41.6 Å². The minimum atomic E-state index is -0.209. The van der Waals surface area contributed by atoms with E-state index in [4.69, 9.17) is 5.73 Å². The molecule has 0 saturated carbocycles. The van der Waals surface area contributed by atoms with Crippen molar-refractivity contribution in [1.29, 1.82) is 0 Å². The number of guanidine groups is 1. The van der Waals surface area contributed by atoms with E-state index in [9.17, 15) is 0 Å². The first-order chi connectivity index (χ1) is 9.66. The summed E-state index contributed by atoms with van der Waals surface area (Å²) < 4.78 is 0. The third-order valence-electron chi connectivity index (χ3n) is 4.10. The molecule has 1 heterocycles. The molecule has 0 aliphatic carbocycles. The largest absolute Gasteiger partial charge is 0.370 e. The first-order valence-electron chi connectivity index (χ1n) is 6.83. The maximum absolute atomic E-state index is 6.05. The smallest absolute Gasteiger partial charge is 0.192 e. The van der Waals surface area contributed by atoms with Crippen LogP contribution >= 0.6 is 0 Å². The van der Waals surface area contributed by atoms with Gasteiger partial charge in [0.25, 0.3) is 0 Å². The molecule has 3 rings (SSSR count). The van der Waals surface area contributed by atoms with Crippen molar-refractivity contribution in [2.24, 2.45) is 10.7 Å². The third-order valence-corrected chi connectivity index (χ3v) is 4.10. The monoisotopic (exact) mass is 265 g/mol. The second-order valence-corrected chi connectivity index (χ2v) is 5.37. The Balaban J connectivity index is 2.17. The molecule has 0 radical (unpaired) electrons. The highest BCUT2D eigenvalue weighted by Crippen LogP contribution is 2.36. The summed E-state index contributed by atoms with van der Waals surface area (Å²) in [5.74, 6) is 0.598. The Morgan fingerprint density at radius 2 is 2.05 bits per heavy atom. The molecule has 1 atom stereocenters. The van der Waals surface area contributed by atoms with Crippen molar-refractivity contribution in [3.8, 4) is 0 Å². The van der Waals surface area contributed by atoms with E-state index in [-0.39, 0.29) is 5.54 Å². The lowest BCUT2D eigenvalue weighted by atomic mass is 9.87. The van der Waals surface area contributed by atoms with E-state index in [1.54, 1.807) is 0 Å². The second-order valence-electron chi connectivity index (χ2n) is 5.37. The van der Waals surface area contributed by atoms with Crippen LogP contribution in [0.5, 0.6) is 0 Å². The molecule has 2 aromatic carbocycles. The van der Waals surface area contributed by atoms with Gasteiger partial charge >= 0.3 is 0 Å². The number of fused-ring (bicyclic) bond motifs is 1. The number of nitrogens with two attached hydrogens (primary N) is 1. The van der Waals surface area contributed by atoms with Crippen molar-refractivity contribution in [1.82, 2.24) is 4.90 Å². The molecule has 0 aromatic heterocycles. The zero-order valence-corrected chi connectivity index (χ0v) is 11.7. The van der Waals surface area contributed by atoms with Gasteiger partial charge in [0, 0.05) is 6.54 Å². The van der Waals surface area contributed by atoms with Crippen LogP contribution in [-0.2, 0) is 5.54 Å². The summed E-state index contributed by atoms with van der Waals surface area (Å²) in [6.45, 7) is 7.41. The maximum atomic E-state index is 6.05. The molecule has 102 valence electrons. The average molecular weight is 265 g/mol. The zero-order chi connectivity index (χ0) is 14.2. The Kier molecular flexibility index (Phi) is 2.97. The molecule has 1 aliphatic heterocycles. The minimum absolute atomic E-state index is 0.209. The Hall–Kier alpha value is -2.29. The fourth-order valence-corrected chi connectivity index (χ4v) is 3.01. The minimum Gasteiger partial charge on any atom is -0.370 e. The first kappa shape index (κ1) is 12.7. The van der Waals surface area contributed by atoms with Crippen LogP contribution in [-0.4, -0.2) is 23.9 Å². The van der Waals surface area contributed by atoms with E-state index in [0.717, 1.165) is 0 Å². The molecule has 1 unspecified atom stereocenters. The molecule has 0 saturated heterocycles. The predicted molar refractivity (Wildman–Crippen MR) is 84.7 cm³/mol. The van der Waals surface area contributed by atoms with E-state index < -0.39 is 0 Å². The van der Waals surface area contributed by atoms with Crippen molar-refractivity contribution >= 4 is 16.7 Å². The van der Waals surface area contributed by atoms with E-state index in [2.05, 4.69) is 65.9 Å². The van der Waals surface area contributed by atoms with Gasteiger partial charge in [-0.1, -0.05) is 48.5 Å². The SMILES string of the molecule is C=CCN1C(N)=NCC1(C)c1cccc2ccccc12. The van der Waals surface area contributed by atoms with Crippen molar-refractivity contribution in [2.75, 3.05) is 13.1 Å². The van der Waals surface area contributed by atoms with Crippen molar-refractivity contribution in [3.05, 3.63) is 60.7 Å². The maximum Gasteiger partial charge on any atom is 0.192 e. The molecule has 20 heavy (non-hydrogen) atoms. The lowest BCUT2D eigenvalue weighted by Gasteiger charge is -2.36. The Labute approximate surface area is 119 Å². The van der Waals surface area contributed by atoms with Crippen molar-refractivity contribution in [2.45, 2.75) is 12.5 Å². The summed E-state index contributed by atoms with van der Waals surface area (Å²) in [5.41, 5.74) is 7.11. The average Bonchev–Trinajstić information content (AvgIpc) is 2.76. The number of hydrogen-bond donors (Lipinski definition) is 1. The molecular formula is C17H19N3. The quantitative estimate of drug-likeness (QED) is 0.867. The van der Waals surface area contributed by atoms with Crippen LogP contribution in [0.25, 0.3) is 10.8 Å². The summed E-state index contributed by atoms with van der Waals surface area (Å²) in [4.78, 5) is 6.57. The summed E-state index contributed by atoms with van der Waals surface area (Å²) >= 11 is 0. The van der Waals surface area contributed by atoms with Crippen LogP contribution in [0, 0.1) is 0 Å². The van der Waals surface area contributed by atoms with Gasteiger partial charge < -0.3 is 10.6 Å². The van der Waals surface area contributed by atoms with Gasteiger partial charge in [-0.25, -0.2) is 0 Å². The first-order valence-corrected chi connectivity index (χ1v) is 6.83. The molecule has 3 heteroatoms. The molecular weight excluding hydrogens is 246 g/mol. The fraction of sp³-hybridized carbons (Fsp3) is 0.235. The van der Waals surface area contributed by atoms with Gasteiger partial charge in [0.1, 0.15) is 0 Å². The number of rotatable bonds is 3. The zero-order valence-electron chi connectivity index (χ0n) is 11.7. The van der Waals surface area contributed by atoms with Gasteiger partial charge in [0.05, 0.1) is 12.1 Å². The van der Waals surface area contributed by atoms with Crippen LogP contribution in [0.3, 0.4) is 0 Å². The molecule has 0 spiro atoms. The van der Waals surface area contributed by atoms with Gasteiger partial charge in [-0.05, 0) is 23.3 Å². The summed E-state index contributed by atoms with van der Waals surface area (Å²) in [7, 11) is 0. The van der Waals surface area contributed by atoms with E-state index in [1.165, 1.54) is 16.3 Å². The van der Waals surface area contributed by atoms with Crippen LogP contribution in [0.15, 0.2) is 60.1 Å². The molecule has 0 bridgehead atoms. The van der Waals surface area contributed by atoms with Gasteiger partial charge in [-0.2, -0.15) is 0 Å². The normalized spacial score (nSPS) is 22.1. The predicted octanol–water partition coefficient (Wildman–Crippen LogP) is 2.87. The number of aliphatic imine (C=N–C) groups is 1. The number of nitrogens with zero attached hydrogens (tertiary/aromatic N) is 2. The summed E-state index contributed by atoms with van der Waals surface area (Å²) in [5, 5.41) is 2.51. The highest BCUT2D eigenvalue weighted by molar-refractivity contribution is 5.89. The van der Waals surface area contributed by atoms with Gasteiger partial charge in [0.2, 0.25) is 0 Å². The van der Waals surface area contributed by atoms with Gasteiger partial charge in [0.15, 0.2) is 5.96 Å². The Morgan fingerprint density at radius 3 is 2.85 bits per heavy atom. The van der Waals surface area contributed by atoms with E-state index in [0.29, 0.717) is 19.0 Å². The number of hydrogen-bond acceptors (Lipinski definition) is 3. The molecule has 1 aliphatic rings. The van der Waals surface area contributed by atoms with Crippen LogP contribution in [0.1, 0.15) is 12.5 Å². The highest BCUT2D eigenvalue weighted by Gasteiger charge is 2.39. The Bertz CT molecular complexity index is 684. The Morgan fingerprint density at radius 1 is 1.30 bits per heavy atom. The highest BCUT2D eigenvalue weighted by atomic mass is 15.3. The lowest BCUT2D eigenvalue weighted by Crippen LogP contribution is -2.47. The van der Waals surface area contributed by atoms with E-state index >= 15 is 0 Å². The summed E-state index contributed by atoms with van der Waals surface area (Å²) in [6, 6.07) is 14.9. The van der Waals surface area contributed by atoms with Gasteiger partial charge in [-0.3, -0.25) is 4.99 Å². The van der Waals surface area contributed by atoms with Crippen LogP contribution < -0.4 is 5.73 Å².